The first-order chi connectivity index (χ1) is 13.2. The summed E-state index contributed by atoms with van der Waals surface area (Å²) in [5.74, 6) is -0.951. The smallest absolute Gasteiger partial charge is 0.325 e. The summed E-state index contributed by atoms with van der Waals surface area (Å²) in [4.78, 5) is 24.0. The number of amides is 1. The molecule has 0 bridgehead atoms. The second-order valence-electron chi connectivity index (χ2n) is 6.75. The molecule has 0 saturated carbocycles. The SMILES string of the molecule is COC(=O)CNC(=O)[C@H](Cc1ccccc1)C1OC1CCc1ccccc1. The normalized spacial score (nSPS) is 19.1. The highest BCUT2D eigenvalue weighted by molar-refractivity contribution is 5.84. The molecule has 5 heteroatoms. The van der Waals surface area contributed by atoms with Crippen molar-refractivity contribution in [2.45, 2.75) is 31.5 Å². The second kappa shape index (κ2) is 9.33. The predicted molar refractivity (Wildman–Crippen MR) is 102 cm³/mol. The van der Waals surface area contributed by atoms with E-state index in [1.54, 1.807) is 0 Å². The zero-order valence-electron chi connectivity index (χ0n) is 15.5. The second-order valence-corrected chi connectivity index (χ2v) is 6.75. The summed E-state index contributed by atoms with van der Waals surface area (Å²) < 4.78 is 10.4. The van der Waals surface area contributed by atoms with Crippen molar-refractivity contribution < 1.29 is 19.1 Å². The molecule has 5 nitrogen and oxygen atoms in total. The van der Waals surface area contributed by atoms with E-state index in [2.05, 4.69) is 22.2 Å². The molecule has 1 N–H and O–H groups in total. The summed E-state index contributed by atoms with van der Waals surface area (Å²) in [6.45, 7) is -0.123. The number of hydrogen-bond acceptors (Lipinski definition) is 4. The van der Waals surface area contributed by atoms with Gasteiger partial charge in [0.1, 0.15) is 6.54 Å². The average molecular weight is 367 g/mol. The lowest BCUT2D eigenvalue weighted by Crippen LogP contribution is -2.38. The van der Waals surface area contributed by atoms with Crippen LogP contribution in [0, 0.1) is 5.92 Å². The largest absolute Gasteiger partial charge is 0.468 e. The first-order valence-electron chi connectivity index (χ1n) is 9.25. The van der Waals surface area contributed by atoms with Crippen LogP contribution >= 0.6 is 0 Å². The topological polar surface area (TPSA) is 67.9 Å². The number of benzene rings is 2. The van der Waals surface area contributed by atoms with E-state index in [1.165, 1.54) is 12.7 Å². The monoisotopic (exact) mass is 367 g/mol. The fourth-order valence-electron chi connectivity index (χ4n) is 3.28. The van der Waals surface area contributed by atoms with Gasteiger partial charge in [-0.05, 0) is 30.4 Å². The maximum Gasteiger partial charge on any atom is 0.325 e. The molecule has 2 aromatic carbocycles. The third kappa shape index (κ3) is 5.66. The van der Waals surface area contributed by atoms with Crippen LogP contribution in [0.3, 0.4) is 0 Å². The Balaban J connectivity index is 1.59. The van der Waals surface area contributed by atoms with E-state index < -0.39 is 5.97 Å². The van der Waals surface area contributed by atoms with Gasteiger partial charge in [-0.1, -0.05) is 60.7 Å². The Hall–Kier alpha value is -2.66. The fourth-order valence-corrected chi connectivity index (χ4v) is 3.28. The number of aryl methyl sites for hydroxylation is 1. The standard InChI is InChI=1S/C22H25NO4/c1-26-20(24)15-23-22(25)18(14-17-10-6-3-7-11-17)21-19(27-21)13-12-16-8-4-2-5-9-16/h2-11,18-19,21H,12-15H2,1H3,(H,23,25)/t18-,19?,21?/m1/s1. The molecular formula is C22H25NO4. The predicted octanol–water partition coefficient (Wildman–Crippen LogP) is 2.53. The van der Waals surface area contributed by atoms with Gasteiger partial charge in [0.25, 0.3) is 0 Å². The average Bonchev–Trinajstić information content (AvgIpc) is 3.49. The first-order valence-corrected chi connectivity index (χ1v) is 9.25. The molecule has 3 atom stereocenters. The summed E-state index contributed by atoms with van der Waals surface area (Å²) in [6, 6.07) is 20.1. The lowest BCUT2D eigenvalue weighted by Gasteiger charge is -2.15. The van der Waals surface area contributed by atoms with Crippen LogP contribution in [0.1, 0.15) is 17.5 Å². The molecule has 0 spiro atoms. The van der Waals surface area contributed by atoms with Crippen molar-refractivity contribution in [1.82, 2.24) is 5.32 Å². The van der Waals surface area contributed by atoms with Gasteiger partial charge in [-0.2, -0.15) is 0 Å². The van der Waals surface area contributed by atoms with Crippen molar-refractivity contribution in [3.05, 3.63) is 71.8 Å². The molecule has 1 aliphatic rings. The summed E-state index contributed by atoms with van der Waals surface area (Å²) >= 11 is 0. The van der Waals surface area contributed by atoms with E-state index in [0.717, 1.165) is 18.4 Å². The molecule has 1 aliphatic heterocycles. The Morgan fingerprint density at radius 1 is 1.04 bits per heavy atom. The van der Waals surface area contributed by atoms with Crippen LogP contribution in [-0.2, 0) is 31.9 Å². The zero-order chi connectivity index (χ0) is 19.1. The van der Waals surface area contributed by atoms with Crippen LogP contribution in [0.4, 0.5) is 0 Å². The van der Waals surface area contributed by atoms with Crippen LogP contribution < -0.4 is 5.32 Å². The molecule has 142 valence electrons. The number of hydrogen-bond donors (Lipinski definition) is 1. The molecular weight excluding hydrogens is 342 g/mol. The molecule has 27 heavy (non-hydrogen) atoms. The quantitative estimate of drug-likeness (QED) is 0.546. The lowest BCUT2D eigenvalue weighted by molar-refractivity contribution is -0.141. The number of carbonyl (C=O) groups excluding carboxylic acids is 2. The van der Waals surface area contributed by atoms with Gasteiger partial charge in [-0.25, -0.2) is 0 Å². The highest BCUT2D eigenvalue weighted by Crippen LogP contribution is 2.35. The maximum absolute atomic E-state index is 12.7. The number of methoxy groups -OCH3 is 1. The Labute approximate surface area is 159 Å². The Bertz CT molecular complexity index is 747. The van der Waals surface area contributed by atoms with Gasteiger partial charge in [-0.15, -0.1) is 0 Å². The molecule has 1 fully saturated rings. The number of epoxide rings is 1. The van der Waals surface area contributed by atoms with Crippen LogP contribution in [0.25, 0.3) is 0 Å². The van der Waals surface area contributed by atoms with Crippen molar-refractivity contribution in [1.29, 1.82) is 0 Å². The minimum absolute atomic E-state index is 0.0720. The molecule has 1 amide bonds. The lowest BCUT2D eigenvalue weighted by atomic mass is 9.92. The van der Waals surface area contributed by atoms with Gasteiger partial charge in [0.05, 0.1) is 25.2 Å². The highest BCUT2D eigenvalue weighted by Gasteiger charge is 2.47. The van der Waals surface area contributed by atoms with Crippen LogP contribution in [0.5, 0.6) is 0 Å². The van der Waals surface area contributed by atoms with Gasteiger partial charge in [0.2, 0.25) is 5.91 Å². The Kier molecular flexibility index (Phi) is 6.60. The molecule has 2 aromatic rings. The number of nitrogens with one attached hydrogen (secondary N) is 1. The van der Waals surface area contributed by atoms with Crippen molar-refractivity contribution in [3.63, 3.8) is 0 Å². The molecule has 0 aliphatic carbocycles. The first kappa shape index (κ1) is 19.1. The molecule has 1 heterocycles. The highest BCUT2D eigenvalue weighted by atomic mass is 16.6. The van der Waals surface area contributed by atoms with Gasteiger partial charge in [0, 0.05) is 0 Å². The molecule has 0 radical (unpaired) electrons. The van der Waals surface area contributed by atoms with Crippen molar-refractivity contribution in [2.75, 3.05) is 13.7 Å². The van der Waals surface area contributed by atoms with E-state index in [9.17, 15) is 9.59 Å². The molecule has 1 saturated heterocycles. The minimum atomic E-state index is -0.459. The van der Waals surface area contributed by atoms with Crippen molar-refractivity contribution in [3.8, 4) is 0 Å². The number of carbonyl (C=O) groups is 2. The molecule has 2 unspecified atom stereocenters. The van der Waals surface area contributed by atoms with Crippen molar-refractivity contribution >= 4 is 11.9 Å². The van der Waals surface area contributed by atoms with Gasteiger partial charge in [0.15, 0.2) is 0 Å². The zero-order valence-corrected chi connectivity index (χ0v) is 15.5. The summed E-state index contributed by atoms with van der Waals surface area (Å²) in [5, 5.41) is 2.68. The number of ether oxygens (including phenoxy) is 2. The van der Waals surface area contributed by atoms with E-state index >= 15 is 0 Å². The summed E-state index contributed by atoms with van der Waals surface area (Å²) in [7, 11) is 1.31. The molecule has 3 rings (SSSR count). The minimum Gasteiger partial charge on any atom is -0.468 e. The van der Waals surface area contributed by atoms with Crippen molar-refractivity contribution in [2.24, 2.45) is 5.92 Å². The Morgan fingerprint density at radius 2 is 1.67 bits per heavy atom. The van der Waals surface area contributed by atoms with Crippen LogP contribution in [0.15, 0.2) is 60.7 Å². The van der Waals surface area contributed by atoms with E-state index in [1.807, 2.05) is 48.5 Å². The summed E-state index contributed by atoms with van der Waals surface area (Å²) in [5.41, 5.74) is 2.34. The maximum atomic E-state index is 12.7. The van der Waals surface area contributed by atoms with Crippen LogP contribution in [0.2, 0.25) is 0 Å². The van der Waals surface area contributed by atoms with Gasteiger partial charge < -0.3 is 14.8 Å². The number of rotatable bonds is 9. The Morgan fingerprint density at radius 3 is 2.30 bits per heavy atom. The molecule has 0 aromatic heterocycles. The third-order valence-electron chi connectivity index (χ3n) is 4.85. The fraction of sp³-hybridized carbons (Fsp3) is 0.364. The number of esters is 1. The third-order valence-corrected chi connectivity index (χ3v) is 4.85. The summed E-state index contributed by atoms with van der Waals surface area (Å²) in [6.07, 6.45) is 2.34. The van der Waals surface area contributed by atoms with E-state index in [-0.39, 0.29) is 30.6 Å². The van der Waals surface area contributed by atoms with Gasteiger partial charge in [-0.3, -0.25) is 9.59 Å². The van der Waals surface area contributed by atoms with E-state index in [0.29, 0.717) is 6.42 Å². The van der Waals surface area contributed by atoms with Crippen LogP contribution in [-0.4, -0.2) is 37.7 Å². The van der Waals surface area contributed by atoms with Gasteiger partial charge >= 0.3 is 5.97 Å². The van der Waals surface area contributed by atoms with E-state index in [4.69, 9.17) is 4.74 Å².